The van der Waals surface area contributed by atoms with E-state index >= 15 is 0 Å². The minimum absolute atomic E-state index is 0.0185. The Bertz CT molecular complexity index is 767. The van der Waals surface area contributed by atoms with Crippen LogP contribution in [0.25, 0.3) is 0 Å². The molecule has 7 atom stereocenters. The molecule has 0 aromatic rings. The zero-order valence-corrected chi connectivity index (χ0v) is 33.0. The quantitative estimate of drug-likeness (QED) is 0.0315. The van der Waals surface area contributed by atoms with Crippen molar-refractivity contribution < 1.29 is 44.5 Å². The molecule has 1 heterocycles. The van der Waals surface area contributed by atoms with Gasteiger partial charge < -0.3 is 39.7 Å². The van der Waals surface area contributed by atoms with Crippen LogP contribution < -0.4 is 0 Å². The molecule has 9 heteroatoms. The number of unbranched alkanes of at least 4 members (excludes halogenated alkanes) is 25. The van der Waals surface area contributed by atoms with Gasteiger partial charge in [-0.3, -0.25) is 4.79 Å². The van der Waals surface area contributed by atoms with Gasteiger partial charge >= 0.3 is 5.97 Å². The van der Waals surface area contributed by atoms with Crippen LogP contribution in [0.4, 0.5) is 0 Å². The SMILES string of the molecule is CCCCCCCCCCCCCCCCCC(=O)OC(CCCCCCCCCCCCCC)C(O)CCO[C@H]1O[C@H](CO)[C@H](O)[C@H](O)[C@H]1O. The van der Waals surface area contributed by atoms with Crippen molar-refractivity contribution >= 4 is 5.97 Å². The number of rotatable bonds is 36. The summed E-state index contributed by atoms with van der Waals surface area (Å²) >= 11 is 0. The molecule has 1 fully saturated rings. The molecule has 0 radical (unpaired) electrons. The number of esters is 1. The molecule has 0 aromatic heterocycles. The van der Waals surface area contributed by atoms with Gasteiger partial charge in [-0.05, 0) is 19.3 Å². The molecule has 1 saturated heterocycles. The minimum atomic E-state index is -1.52. The molecule has 304 valence electrons. The van der Waals surface area contributed by atoms with Crippen LogP contribution in [0.3, 0.4) is 0 Å². The van der Waals surface area contributed by atoms with Gasteiger partial charge in [0.2, 0.25) is 0 Å². The van der Waals surface area contributed by atoms with Crippen molar-refractivity contribution in [3.63, 3.8) is 0 Å². The molecule has 1 aliphatic rings. The molecule has 0 aromatic carbocycles. The molecule has 1 rings (SSSR count). The molecular formula is C42H82O9. The third kappa shape index (κ3) is 25.0. The van der Waals surface area contributed by atoms with Crippen LogP contribution in [-0.2, 0) is 19.0 Å². The van der Waals surface area contributed by atoms with E-state index in [-0.39, 0.29) is 19.0 Å². The molecule has 2 unspecified atom stereocenters. The van der Waals surface area contributed by atoms with E-state index in [9.17, 15) is 30.3 Å². The lowest BCUT2D eigenvalue weighted by Gasteiger charge is -2.39. The standard InChI is InChI=1S/C42H82O9/c1-3-5-7-9-11-13-15-17-18-19-21-23-25-27-29-31-38(45)50-36(30-28-26-24-22-20-16-14-12-10-8-6-4-2)35(44)32-33-49-42-41(48)40(47)39(46)37(34-43)51-42/h35-37,39-44,46-48H,3-34H2,1-2H3/t35?,36?,37-,39+,40+,41-,42+/m1/s1. The van der Waals surface area contributed by atoms with Gasteiger partial charge in [0.15, 0.2) is 6.29 Å². The third-order valence-electron chi connectivity index (χ3n) is 10.6. The van der Waals surface area contributed by atoms with Crippen LogP contribution in [0.5, 0.6) is 0 Å². The van der Waals surface area contributed by atoms with Crippen LogP contribution in [0.1, 0.15) is 206 Å². The van der Waals surface area contributed by atoms with Crippen LogP contribution in [0.2, 0.25) is 0 Å². The van der Waals surface area contributed by atoms with E-state index in [2.05, 4.69) is 13.8 Å². The zero-order valence-electron chi connectivity index (χ0n) is 33.0. The lowest BCUT2D eigenvalue weighted by atomic mass is 9.99. The Morgan fingerprint density at radius 1 is 0.569 bits per heavy atom. The van der Waals surface area contributed by atoms with Crippen molar-refractivity contribution in [1.82, 2.24) is 0 Å². The molecular weight excluding hydrogens is 648 g/mol. The Morgan fingerprint density at radius 2 is 0.980 bits per heavy atom. The molecule has 0 bridgehead atoms. The van der Waals surface area contributed by atoms with Crippen LogP contribution in [0.15, 0.2) is 0 Å². The smallest absolute Gasteiger partial charge is 0.306 e. The van der Waals surface area contributed by atoms with Crippen LogP contribution in [-0.4, -0.2) is 87.6 Å². The lowest BCUT2D eigenvalue weighted by Crippen LogP contribution is -2.59. The fraction of sp³-hybridized carbons (Fsp3) is 0.976. The maximum atomic E-state index is 12.8. The van der Waals surface area contributed by atoms with Crippen LogP contribution in [0, 0.1) is 0 Å². The number of hydrogen-bond donors (Lipinski definition) is 5. The highest BCUT2D eigenvalue weighted by Crippen LogP contribution is 2.23. The molecule has 1 aliphatic heterocycles. The summed E-state index contributed by atoms with van der Waals surface area (Å²) in [6.07, 6.45) is 26.4. The van der Waals surface area contributed by atoms with Crippen molar-refractivity contribution in [3.05, 3.63) is 0 Å². The Morgan fingerprint density at radius 3 is 1.41 bits per heavy atom. The van der Waals surface area contributed by atoms with E-state index in [1.165, 1.54) is 135 Å². The van der Waals surface area contributed by atoms with Gasteiger partial charge in [-0.25, -0.2) is 0 Å². The molecule has 0 aliphatic carbocycles. The highest BCUT2D eigenvalue weighted by Gasteiger charge is 2.44. The maximum absolute atomic E-state index is 12.8. The predicted molar refractivity (Wildman–Crippen MR) is 205 cm³/mol. The summed E-state index contributed by atoms with van der Waals surface area (Å²) in [5.74, 6) is -0.275. The third-order valence-corrected chi connectivity index (χ3v) is 10.6. The van der Waals surface area contributed by atoms with E-state index in [0.717, 1.165) is 38.5 Å². The Labute approximate surface area is 312 Å². The predicted octanol–water partition coefficient (Wildman–Crippen LogP) is 8.82. The van der Waals surface area contributed by atoms with E-state index in [4.69, 9.17) is 14.2 Å². The summed E-state index contributed by atoms with van der Waals surface area (Å²) in [5.41, 5.74) is 0. The molecule has 0 saturated carbocycles. The summed E-state index contributed by atoms with van der Waals surface area (Å²) in [7, 11) is 0. The Kier molecular flexibility index (Phi) is 31.9. The second-order valence-corrected chi connectivity index (χ2v) is 15.3. The Balaban J connectivity index is 2.35. The van der Waals surface area contributed by atoms with Crippen molar-refractivity contribution in [1.29, 1.82) is 0 Å². The van der Waals surface area contributed by atoms with Gasteiger partial charge in [0, 0.05) is 12.8 Å². The first-order chi connectivity index (χ1) is 24.8. The highest BCUT2D eigenvalue weighted by molar-refractivity contribution is 5.69. The van der Waals surface area contributed by atoms with Gasteiger partial charge in [-0.2, -0.15) is 0 Å². The van der Waals surface area contributed by atoms with Crippen molar-refractivity contribution in [2.75, 3.05) is 13.2 Å². The average molecular weight is 731 g/mol. The molecule has 0 amide bonds. The summed E-state index contributed by atoms with van der Waals surface area (Å²) in [6, 6.07) is 0. The molecule has 9 nitrogen and oxygen atoms in total. The maximum Gasteiger partial charge on any atom is 0.306 e. The second-order valence-electron chi connectivity index (χ2n) is 15.3. The first-order valence-electron chi connectivity index (χ1n) is 21.6. The summed E-state index contributed by atoms with van der Waals surface area (Å²) in [6.45, 7) is 3.95. The molecule has 0 spiro atoms. The lowest BCUT2D eigenvalue weighted by molar-refractivity contribution is -0.302. The fourth-order valence-corrected chi connectivity index (χ4v) is 7.08. The highest BCUT2D eigenvalue weighted by atomic mass is 16.7. The van der Waals surface area contributed by atoms with Crippen molar-refractivity contribution in [3.8, 4) is 0 Å². The summed E-state index contributed by atoms with van der Waals surface area (Å²) < 4.78 is 16.8. The number of ether oxygens (including phenoxy) is 3. The number of carbonyl (C=O) groups is 1. The average Bonchev–Trinajstić information content (AvgIpc) is 3.13. The van der Waals surface area contributed by atoms with E-state index in [1.54, 1.807) is 0 Å². The zero-order chi connectivity index (χ0) is 37.4. The minimum Gasteiger partial charge on any atom is -0.460 e. The summed E-state index contributed by atoms with van der Waals surface area (Å²) in [5, 5.41) is 50.7. The van der Waals surface area contributed by atoms with Crippen molar-refractivity contribution in [2.45, 2.75) is 249 Å². The number of hydrogen-bond acceptors (Lipinski definition) is 9. The van der Waals surface area contributed by atoms with Gasteiger partial charge in [0.1, 0.15) is 30.5 Å². The largest absolute Gasteiger partial charge is 0.460 e. The van der Waals surface area contributed by atoms with E-state index < -0.39 is 49.5 Å². The molecule has 5 N–H and O–H groups in total. The van der Waals surface area contributed by atoms with Crippen molar-refractivity contribution in [2.24, 2.45) is 0 Å². The first kappa shape index (κ1) is 48.2. The monoisotopic (exact) mass is 731 g/mol. The van der Waals surface area contributed by atoms with Gasteiger partial charge in [-0.15, -0.1) is 0 Å². The molecule has 51 heavy (non-hydrogen) atoms. The van der Waals surface area contributed by atoms with Crippen LogP contribution >= 0.6 is 0 Å². The number of carbonyl (C=O) groups excluding carboxylic acids is 1. The normalized spacial score (nSPS) is 21.9. The first-order valence-corrected chi connectivity index (χ1v) is 21.6. The second kappa shape index (κ2) is 33.7. The van der Waals surface area contributed by atoms with Gasteiger partial charge in [-0.1, -0.05) is 174 Å². The topological polar surface area (TPSA) is 146 Å². The Hall–Kier alpha value is -0.810. The van der Waals surface area contributed by atoms with E-state index in [0.29, 0.717) is 12.8 Å². The summed E-state index contributed by atoms with van der Waals surface area (Å²) in [4.78, 5) is 12.8. The fourth-order valence-electron chi connectivity index (χ4n) is 7.08. The van der Waals surface area contributed by atoms with Gasteiger partial charge in [0.05, 0.1) is 19.3 Å². The number of aliphatic hydroxyl groups is 5. The van der Waals surface area contributed by atoms with Gasteiger partial charge in [0.25, 0.3) is 0 Å². The van der Waals surface area contributed by atoms with E-state index in [1.807, 2.05) is 0 Å². The number of aliphatic hydroxyl groups excluding tert-OH is 5.